The molecule has 0 atom stereocenters. The fourth-order valence-electron chi connectivity index (χ4n) is 1.33. The monoisotopic (exact) mass is 222 g/mol. The Labute approximate surface area is 90.3 Å². The standard InChI is InChI=1S/C8H10N6O2/c1-5-6(4-9-10-5)8-11-12-13-14(8)3-2-7(15)16/h4H,2-3H2,1H3,(H,9,10)(H,15,16). The number of hydrogen-bond donors (Lipinski definition) is 2. The molecule has 0 saturated carbocycles. The van der Waals surface area contributed by atoms with E-state index in [1.807, 2.05) is 6.92 Å². The van der Waals surface area contributed by atoms with Crippen LogP contribution in [0.1, 0.15) is 12.1 Å². The van der Waals surface area contributed by atoms with Gasteiger partial charge in [-0.1, -0.05) is 0 Å². The first kappa shape index (κ1) is 10.3. The number of carboxylic acids is 1. The lowest BCUT2D eigenvalue weighted by molar-refractivity contribution is -0.137. The molecular weight excluding hydrogens is 212 g/mol. The number of tetrazole rings is 1. The summed E-state index contributed by atoms with van der Waals surface area (Å²) < 4.78 is 1.45. The zero-order valence-corrected chi connectivity index (χ0v) is 8.58. The molecule has 8 nitrogen and oxygen atoms in total. The molecule has 0 aliphatic rings. The highest BCUT2D eigenvalue weighted by Gasteiger charge is 2.13. The van der Waals surface area contributed by atoms with Crippen molar-refractivity contribution in [2.24, 2.45) is 0 Å². The maximum atomic E-state index is 10.5. The van der Waals surface area contributed by atoms with Crippen molar-refractivity contribution in [3.05, 3.63) is 11.9 Å². The second-order valence-electron chi connectivity index (χ2n) is 3.28. The summed E-state index contributed by atoms with van der Waals surface area (Å²) in [5.41, 5.74) is 1.61. The van der Waals surface area contributed by atoms with Crippen LogP contribution in [0.15, 0.2) is 6.20 Å². The highest BCUT2D eigenvalue weighted by molar-refractivity contribution is 5.66. The van der Waals surface area contributed by atoms with Crippen LogP contribution < -0.4 is 0 Å². The van der Waals surface area contributed by atoms with E-state index in [1.54, 1.807) is 6.20 Å². The first-order valence-corrected chi connectivity index (χ1v) is 4.67. The van der Waals surface area contributed by atoms with E-state index in [1.165, 1.54) is 4.68 Å². The second-order valence-corrected chi connectivity index (χ2v) is 3.28. The molecule has 2 N–H and O–H groups in total. The molecule has 84 valence electrons. The van der Waals surface area contributed by atoms with Gasteiger partial charge in [0.2, 0.25) is 0 Å². The first-order chi connectivity index (χ1) is 7.68. The van der Waals surface area contributed by atoms with E-state index >= 15 is 0 Å². The summed E-state index contributed by atoms with van der Waals surface area (Å²) in [6.07, 6.45) is 1.59. The Balaban J connectivity index is 2.26. The van der Waals surface area contributed by atoms with Gasteiger partial charge in [0.05, 0.1) is 24.7 Å². The number of aliphatic carboxylic acids is 1. The van der Waals surface area contributed by atoms with E-state index in [0.29, 0.717) is 5.82 Å². The zero-order chi connectivity index (χ0) is 11.5. The molecular formula is C8H10N6O2. The average molecular weight is 222 g/mol. The van der Waals surface area contributed by atoms with Crippen LogP contribution in [-0.4, -0.2) is 41.5 Å². The molecule has 0 aliphatic carbocycles. The molecule has 8 heteroatoms. The van der Waals surface area contributed by atoms with E-state index in [9.17, 15) is 4.79 Å². The summed E-state index contributed by atoms with van der Waals surface area (Å²) in [5, 5.41) is 26.3. The predicted octanol–water partition coefficient (Wildman–Crippen LogP) is -0.154. The molecule has 2 aromatic heterocycles. The van der Waals surface area contributed by atoms with Crippen LogP contribution in [0.25, 0.3) is 11.4 Å². The number of aromatic nitrogens is 6. The lowest BCUT2D eigenvalue weighted by Crippen LogP contribution is -2.07. The highest BCUT2D eigenvalue weighted by Crippen LogP contribution is 2.17. The fourth-order valence-corrected chi connectivity index (χ4v) is 1.33. The SMILES string of the molecule is Cc1[nH]ncc1-c1nnnn1CCC(=O)O. The van der Waals surface area contributed by atoms with Gasteiger partial charge in [-0.15, -0.1) is 5.10 Å². The van der Waals surface area contributed by atoms with E-state index in [2.05, 4.69) is 25.7 Å². The van der Waals surface area contributed by atoms with Crippen LogP contribution in [-0.2, 0) is 11.3 Å². The third-order valence-electron chi connectivity index (χ3n) is 2.14. The Hall–Kier alpha value is -2.25. The van der Waals surface area contributed by atoms with Gasteiger partial charge in [0.25, 0.3) is 0 Å². The van der Waals surface area contributed by atoms with Crippen molar-refractivity contribution >= 4 is 5.97 Å². The molecule has 0 saturated heterocycles. The van der Waals surface area contributed by atoms with Crippen molar-refractivity contribution in [2.45, 2.75) is 19.9 Å². The number of rotatable bonds is 4. The van der Waals surface area contributed by atoms with Gasteiger partial charge >= 0.3 is 5.97 Å². The summed E-state index contributed by atoms with van der Waals surface area (Å²) in [6.45, 7) is 2.08. The van der Waals surface area contributed by atoms with Gasteiger partial charge in [-0.2, -0.15) is 5.10 Å². The third-order valence-corrected chi connectivity index (χ3v) is 2.14. The fraction of sp³-hybridized carbons (Fsp3) is 0.375. The normalized spacial score (nSPS) is 10.6. The molecule has 0 aliphatic heterocycles. The van der Waals surface area contributed by atoms with Crippen molar-refractivity contribution in [1.29, 1.82) is 0 Å². The lowest BCUT2D eigenvalue weighted by atomic mass is 10.2. The van der Waals surface area contributed by atoms with Gasteiger partial charge in [-0.3, -0.25) is 9.89 Å². The summed E-state index contributed by atoms with van der Waals surface area (Å²) in [7, 11) is 0. The molecule has 16 heavy (non-hydrogen) atoms. The molecule has 0 spiro atoms. The minimum absolute atomic E-state index is 0.0189. The lowest BCUT2D eigenvalue weighted by Gasteiger charge is -2.00. The molecule has 2 aromatic rings. The Morgan fingerprint density at radius 1 is 1.62 bits per heavy atom. The van der Waals surface area contributed by atoms with Crippen LogP contribution in [0, 0.1) is 6.92 Å². The van der Waals surface area contributed by atoms with Crippen molar-refractivity contribution in [3.8, 4) is 11.4 Å². The molecule has 0 amide bonds. The summed E-state index contributed by atoms with van der Waals surface area (Å²) in [4.78, 5) is 10.5. The van der Waals surface area contributed by atoms with Gasteiger partial charge in [-0.05, 0) is 17.4 Å². The minimum Gasteiger partial charge on any atom is -0.481 e. The van der Waals surface area contributed by atoms with Crippen LogP contribution in [0.2, 0.25) is 0 Å². The molecule has 2 rings (SSSR count). The number of carboxylic acid groups (broad SMARTS) is 1. The number of nitrogens with one attached hydrogen (secondary N) is 1. The topological polar surface area (TPSA) is 110 Å². The molecule has 0 unspecified atom stereocenters. The van der Waals surface area contributed by atoms with Gasteiger partial charge in [0.15, 0.2) is 5.82 Å². The van der Waals surface area contributed by atoms with Gasteiger partial charge < -0.3 is 5.11 Å². The van der Waals surface area contributed by atoms with E-state index < -0.39 is 5.97 Å². The second kappa shape index (κ2) is 4.09. The minimum atomic E-state index is -0.884. The smallest absolute Gasteiger partial charge is 0.305 e. The number of hydrogen-bond acceptors (Lipinski definition) is 5. The Bertz CT molecular complexity index is 502. The van der Waals surface area contributed by atoms with Gasteiger partial charge in [-0.25, -0.2) is 4.68 Å². The Kier molecular flexibility index (Phi) is 2.63. The largest absolute Gasteiger partial charge is 0.481 e. The van der Waals surface area contributed by atoms with E-state index in [4.69, 9.17) is 5.11 Å². The maximum Gasteiger partial charge on any atom is 0.305 e. The Morgan fingerprint density at radius 2 is 2.44 bits per heavy atom. The molecule has 0 radical (unpaired) electrons. The zero-order valence-electron chi connectivity index (χ0n) is 8.58. The Morgan fingerprint density at radius 3 is 3.06 bits per heavy atom. The van der Waals surface area contributed by atoms with Gasteiger partial charge in [0, 0.05) is 5.69 Å². The third kappa shape index (κ3) is 1.90. The van der Waals surface area contributed by atoms with Crippen LogP contribution in [0.3, 0.4) is 0 Å². The molecule has 2 heterocycles. The maximum absolute atomic E-state index is 10.5. The number of aryl methyl sites for hydroxylation is 2. The predicted molar refractivity (Wildman–Crippen MR) is 52.4 cm³/mol. The van der Waals surface area contributed by atoms with Gasteiger partial charge in [0.1, 0.15) is 0 Å². The summed E-state index contributed by atoms with van der Waals surface area (Å²) in [6, 6.07) is 0. The van der Waals surface area contributed by atoms with Crippen LogP contribution >= 0.6 is 0 Å². The van der Waals surface area contributed by atoms with Crippen molar-refractivity contribution in [3.63, 3.8) is 0 Å². The quantitative estimate of drug-likeness (QED) is 0.744. The molecule has 0 fully saturated rings. The number of nitrogens with zero attached hydrogens (tertiary/aromatic N) is 5. The average Bonchev–Trinajstić information content (AvgIpc) is 2.82. The van der Waals surface area contributed by atoms with Crippen molar-refractivity contribution < 1.29 is 9.90 Å². The van der Waals surface area contributed by atoms with Crippen LogP contribution in [0.4, 0.5) is 0 Å². The molecule has 0 aromatic carbocycles. The van der Waals surface area contributed by atoms with Crippen molar-refractivity contribution in [2.75, 3.05) is 0 Å². The molecule has 0 bridgehead atoms. The van der Waals surface area contributed by atoms with E-state index in [-0.39, 0.29) is 13.0 Å². The van der Waals surface area contributed by atoms with E-state index in [0.717, 1.165) is 11.3 Å². The number of carbonyl (C=O) groups is 1. The summed E-state index contributed by atoms with van der Waals surface area (Å²) in [5.74, 6) is -0.363. The number of aromatic amines is 1. The van der Waals surface area contributed by atoms with Crippen molar-refractivity contribution in [1.82, 2.24) is 30.4 Å². The number of H-pyrrole nitrogens is 1. The first-order valence-electron chi connectivity index (χ1n) is 4.67. The summed E-state index contributed by atoms with van der Waals surface area (Å²) >= 11 is 0. The van der Waals surface area contributed by atoms with Crippen LogP contribution in [0.5, 0.6) is 0 Å². The highest BCUT2D eigenvalue weighted by atomic mass is 16.4.